The van der Waals surface area contributed by atoms with Crippen LogP contribution < -0.4 is 5.32 Å². The van der Waals surface area contributed by atoms with Crippen molar-refractivity contribution in [2.75, 3.05) is 33.0 Å². The summed E-state index contributed by atoms with van der Waals surface area (Å²) in [5, 5.41) is 3.85. The molecule has 0 bridgehead atoms. The molecule has 1 aliphatic carbocycles. The van der Waals surface area contributed by atoms with Gasteiger partial charge in [0.2, 0.25) is 0 Å². The maximum absolute atomic E-state index is 15.7. The lowest BCUT2D eigenvalue weighted by Gasteiger charge is -2.47. The fourth-order valence-corrected chi connectivity index (χ4v) is 7.39. The van der Waals surface area contributed by atoms with Crippen LogP contribution in [0.15, 0.2) is 40.2 Å². The highest BCUT2D eigenvalue weighted by molar-refractivity contribution is 8.02. The molecule has 1 aromatic carbocycles. The molecule has 39 heavy (non-hydrogen) atoms. The van der Waals surface area contributed by atoms with Gasteiger partial charge < -0.3 is 14.6 Å². The second kappa shape index (κ2) is 11.6. The first-order valence-electron chi connectivity index (χ1n) is 13.9. The number of alkyl halides is 1. The molecule has 7 nitrogen and oxygen atoms in total. The lowest BCUT2D eigenvalue weighted by atomic mass is 9.83. The maximum Gasteiger partial charge on any atom is 0.255 e. The number of ether oxygens (including phenoxy) is 1. The van der Waals surface area contributed by atoms with E-state index in [9.17, 15) is 9.59 Å². The molecule has 1 N–H and O–H groups in total. The SMILES string of the molecule is COC1CC(N2CC[C@H]([C@@H](C)n3c(C)c(C(=O)NCC4C(=O)N=C(C)C=C4SC)c4ccccc43)[C@@H](F)C2)C1. The second-order valence-electron chi connectivity index (χ2n) is 11.1. The molecule has 4 atom stereocenters. The molecule has 2 aliphatic heterocycles. The quantitative estimate of drug-likeness (QED) is 0.500. The topological polar surface area (TPSA) is 75.9 Å². The molecule has 2 amide bonds. The van der Waals surface area contributed by atoms with Crippen molar-refractivity contribution in [3.63, 3.8) is 0 Å². The summed E-state index contributed by atoms with van der Waals surface area (Å²) in [7, 11) is 1.74. The van der Waals surface area contributed by atoms with E-state index in [0.717, 1.165) is 47.3 Å². The third kappa shape index (κ3) is 5.33. The Bertz CT molecular complexity index is 1310. The van der Waals surface area contributed by atoms with Crippen molar-refractivity contribution in [1.29, 1.82) is 0 Å². The van der Waals surface area contributed by atoms with E-state index < -0.39 is 12.1 Å². The number of hydrogen-bond acceptors (Lipinski definition) is 5. The molecule has 1 saturated heterocycles. The predicted molar refractivity (Wildman–Crippen MR) is 155 cm³/mol. The lowest BCUT2D eigenvalue weighted by Crippen LogP contribution is -2.54. The highest BCUT2D eigenvalue weighted by Gasteiger charge is 2.41. The fraction of sp³-hybridized carbons (Fsp3) is 0.567. The highest BCUT2D eigenvalue weighted by Crippen LogP contribution is 2.39. The Morgan fingerprint density at radius 3 is 2.72 bits per heavy atom. The van der Waals surface area contributed by atoms with Gasteiger partial charge in [0.15, 0.2) is 0 Å². The van der Waals surface area contributed by atoms with Gasteiger partial charge in [-0.05, 0) is 65.0 Å². The van der Waals surface area contributed by atoms with Gasteiger partial charge in [-0.2, -0.15) is 0 Å². The third-order valence-corrected chi connectivity index (χ3v) is 9.81. The van der Waals surface area contributed by atoms with Gasteiger partial charge in [-0.1, -0.05) is 18.2 Å². The van der Waals surface area contributed by atoms with Crippen molar-refractivity contribution in [3.05, 3.63) is 46.5 Å². The minimum absolute atomic E-state index is 0.107. The number of nitrogens with one attached hydrogen (secondary N) is 1. The van der Waals surface area contributed by atoms with Crippen LogP contribution in [0, 0.1) is 18.8 Å². The van der Waals surface area contributed by atoms with Crippen molar-refractivity contribution < 1.29 is 18.7 Å². The Morgan fingerprint density at radius 1 is 1.28 bits per heavy atom. The molecule has 210 valence electrons. The van der Waals surface area contributed by atoms with Crippen LogP contribution in [-0.4, -0.2) is 78.3 Å². The molecule has 3 aliphatic rings. The van der Waals surface area contributed by atoms with E-state index in [2.05, 4.69) is 26.7 Å². The predicted octanol–water partition coefficient (Wildman–Crippen LogP) is 4.94. The van der Waals surface area contributed by atoms with E-state index in [-0.39, 0.29) is 30.3 Å². The maximum atomic E-state index is 15.7. The van der Waals surface area contributed by atoms with Crippen LogP contribution in [0.2, 0.25) is 0 Å². The Morgan fingerprint density at radius 2 is 2.03 bits per heavy atom. The Kier molecular flexibility index (Phi) is 8.31. The first kappa shape index (κ1) is 28.1. The van der Waals surface area contributed by atoms with Crippen LogP contribution >= 0.6 is 11.8 Å². The van der Waals surface area contributed by atoms with Crippen LogP contribution in [0.1, 0.15) is 55.2 Å². The van der Waals surface area contributed by atoms with Crippen molar-refractivity contribution in [3.8, 4) is 0 Å². The van der Waals surface area contributed by atoms with Crippen LogP contribution in [0.5, 0.6) is 0 Å². The first-order valence-corrected chi connectivity index (χ1v) is 15.1. The van der Waals surface area contributed by atoms with Gasteiger partial charge in [0.1, 0.15) is 6.17 Å². The summed E-state index contributed by atoms with van der Waals surface area (Å²) in [5.74, 6) is -1.07. The number of halogens is 1. The van der Waals surface area contributed by atoms with E-state index in [0.29, 0.717) is 30.0 Å². The van der Waals surface area contributed by atoms with Gasteiger partial charge in [0, 0.05) is 65.4 Å². The summed E-state index contributed by atoms with van der Waals surface area (Å²) in [6, 6.07) is 8.15. The zero-order chi connectivity index (χ0) is 27.8. The van der Waals surface area contributed by atoms with E-state index in [1.807, 2.05) is 43.5 Å². The molecule has 5 rings (SSSR count). The van der Waals surface area contributed by atoms with E-state index in [1.165, 1.54) is 11.8 Å². The molecule has 1 unspecified atom stereocenters. The molecular weight excluding hydrogens is 515 g/mol. The van der Waals surface area contributed by atoms with Crippen molar-refractivity contribution in [1.82, 2.24) is 14.8 Å². The van der Waals surface area contributed by atoms with Gasteiger partial charge >= 0.3 is 0 Å². The summed E-state index contributed by atoms with van der Waals surface area (Å²) >= 11 is 1.51. The van der Waals surface area contributed by atoms with Gasteiger partial charge in [-0.3, -0.25) is 14.5 Å². The molecular formula is C30H39FN4O3S. The van der Waals surface area contributed by atoms with Gasteiger partial charge in [0.05, 0.1) is 17.6 Å². The van der Waals surface area contributed by atoms with Crippen LogP contribution in [0.25, 0.3) is 10.9 Å². The molecule has 0 spiro atoms. The van der Waals surface area contributed by atoms with Crippen molar-refractivity contribution in [2.45, 2.75) is 64.4 Å². The molecule has 0 radical (unpaired) electrons. The number of allylic oxidation sites excluding steroid dienone is 1. The number of piperidine rings is 1. The third-order valence-electron chi connectivity index (χ3n) is 8.93. The molecule has 1 saturated carbocycles. The van der Waals surface area contributed by atoms with Crippen LogP contribution in [-0.2, 0) is 9.53 Å². The highest BCUT2D eigenvalue weighted by atomic mass is 32.2. The van der Waals surface area contributed by atoms with E-state index >= 15 is 4.39 Å². The molecule has 2 fully saturated rings. The van der Waals surface area contributed by atoms with Crippen LogP contribution in [0.4, 0.5) is 4.39 Å². The first-order chi connectivity index (χ1) is 18.7. The molecule has 2 aromatic rings. The number of carbonyl (C=O) groups is 2. The number of thioether (sulfide) groups is 1. The summed E-state index contributed by atoms with van der Waals surface area (Å²) in [4.78, 5) is 33.4. The fourth-order valence-electron chi connectivity index (χ4n) is 6.63. The van der Waals surface area contributed by atoms with Crippen molar-refractivity contribution >= 4 is 40.2 Å². The lowest BCUT2D eigenvalue weighted by molar-refractivity contribution is -0.120. The number of rotatable bonds is 8. The van der Waals surface area contributed by atoms with Crippen LogP contribution in [0.3, 0.4) is 0 Å². The summed E-state index contributed by atoms with van der Waals surface area (Å²) in [5.41, 5.74) is 3.02. The number of amides is 2. The monoisotopic (exact) mass is 554 g/mol. The number of carbonyl (C=O) groups excluding carboxylic acids is 2. The molecule has 3 heterocycles. The number of likely N-dealkylation sites (tertiary alicyclic amines) is 1. The van der Waals surface area contributed by atoms with E-state index in [1.54, 1.807) is 14.0 Å². The number of aromatic nitrogens is 1. The smallest absolute Gasteiger partial charge is 0.255 e. The zero-order valence-electron chi connectivity index (χ0n) is 23.4. The number of fused-ring (bicyclic) bond motifs is 1. The number of para-hydroxylation sites is 1. The zero-order valence-corrected chi connectivity index (χ0v) is 24.3. The average molecular weight is 555 g/mol. The number of hydrogen-bond donors (Lipinski definition) is 1. The average Bonchev–Trinajstić information content (AvgIpc) is 3.18. The van der Waals surface area contributed by atoms with Gasteiger partial charge in [0.25, 0.3) is 11.8 Å². The number of nitrogens with zero attached hydrogens (tertiary/aromatic N) is 3. The number of aliphatic imine (C=N–C) groups is 1. The standard InChI is InChI=1S/C30H39FN4O3S/c1-17-12-27(39-5)24(29(36)33-17)15-32-30(37)28-19(3)35(26-9-7-6-8-23(26)28)18(2)22-10-11-34(16-25(22)31)20-13-21(14-20)38-4/h6-9,12,18,20-22,24-25H,10-11,13-16H2,1-5H3,(H,32,37)/t18-,20?,21?,22-,24?,25+/m1/s1. The Labute approximate surface area is 234 Å². The number of methoxy groups -OCH3 is 1. The van der Waals surface area contributed by atoms with Crippen molar-refractivity contribution in [2.24, 2.45) is 16.8 Å². The number of dihydropyridines is 1. The molecule has 1 aromatic heterocycles. The minimum Gasteiger partial charge on any atom is -0.381 e. The summed E-state index contributed by atoms with van der Waals surface area (Å²) in [6.07, 6.45) is 5.94. The summed E-state index contributed by atoms with van der Waals surface area (Å²) in [6.45, 7) is 7.34. The van der Waals surface area contributed by atoms with Gasteiger partial charge in [-0.25, -0.2) is 9.38 Å². The largest absolute Gasteiger partial charge is 0.381 e. The summed E-state index contributed by atoms with van der Waals surface area (Å²) < 4.78 is 23.2. The molecule has 9 heteroatoms. The Balaban J connectivity index is 1.34. The number of benzene rings is 1. The second-order valence-corrected chi connectivity index (χ2v) is 12.0. The Hall–Kier alpha value is -2.49. The van der Waals surface area contributed by atoms with E-state index in [4.69, 9.17) is 4.74 Å². The van der Waals surface area contributed by atoms with Gasteiger partial charge in [-0.15, -0.1) is 11.8 Å². The normalized spacial score (nSPS) is 28.6. The minimum atomic E-state index is -0.939.